The van der Waals surface area contributed by atoms with Gasteiger partial charge in [-0.25, -0.2) is 9.59 Å². The number of ketones is 1. The third kappa shape index (κ3) is 5.92. The van der Waals surface area contributed by atoms with Crippen molar-refractivity contribution in [2.24, 2.45) is 16.7 Å². The third-order valence-electron chi connectivity index (χ3n) is 12.3. The fourth-order valence-corrected chi connectivity index (χ4v) is 9.09. The Labute approximate surface area is 309 Å². The van der Waals surface area contributed by atoms with E-state index in [1.807, 2.05) is 0 Å². The van der Waals surface area contributed by atoms with E-state index in [0.29, 0.717) is 0 Å². The van der Waals surface area contributed by atoms with Crippen molar-refractivity contribution >= 4 is 29.3 Å². The van der Waals surface area contributed by atoms with Crippen LogP contribution in [-0.2, 0) is 28.6 Å². The predicted molar refractivity (Wildman–Crippen MR) is 185 cm³/mol. The Morgan fingerprint density at radius 3 is 2.20 bits per heavy atom. The summed E-state index contributed by atoms with van der Waals surface area (Å²) in [5, 5.41) is 73.9. The number of aliphatic hydroxyl groups excluding tert-OH is 3. The Kier molecular flexibility index (Phi) is 9.87. The summed E-state index contributed by atoms with van der Waals surface area (Å²) in [4.78, 5) is 65.0. The highest BCUT2D eigenvalue weighted by Gasteiger charge is 2.76. The van der Waals surface area contributed by atoms with Gasteiger partial charge in [0.25, 0.3) is 5.69 Å². The lowest BCUT2D eigenvalue weighted by molar-refractivity contribution is -0.384. The van der Waals surface area contributed by atoms with E-state index in [0.717, 1.165) is 19.1 Å². The van der Waals surface area contributed by atoms with Gasteiger partial charge >= 0.3 is 11.9 Å². The fraction of sp³-hybridized carbons (Fsp3) is 0.526. The molecule has 1 amide bonds. The summed E-state index contributed by atoms with van der Waals surface area (Å²) in [5.41, 5.74) is -7.95. The second-order valence-electron chi connectivity index (χ2n) is 15.5. The Morgan fingerprint density at radius 2 is 1.65 bits per heavy atom. The van der Waals surface area contributed by atoms with Gasteiger partial charge in [0.05, 0.1) is 40.8 Å². The normalized spacial score (nSPS) is 35.1. The first-order valence-electron chi connectivity index (χ1n) is 17.5. The molecule has 0 radical (unpaired) electrons. The first kappa shape index (κ1) is 39.1. The minimum Gasteiger partial charge on any atom is -0.456 e. The van der Waals surface area contributed by atoms with Crippen LogP contribution in [0.5, 0.6) is 0 Å². The van der Waals surface area contributed by atoms with Crippen LogP contribution in [0, 0.1) is 26.9 Å². The maximum Gasteiger partial charge on any atom is 0.338 e. The van der Waals surface area contributed by atoms with Crippen LogP contribution in [-0.4, -0.2) is 109 Å². The van der Waals surface area contributed by atoms with Crippen LogP contribution >= 0.6 is 0 Å². The number of non-ortho nitro benzene ring substituents is 1. The van der Waals surface area contributed by atoms with E-state index < -0.39 is 106 Å². The lowest BCUT2D eigenvalue weighted by Gasteiger charge is -2.66. The number of ether oxygens (including phenoxy) is 3. The summed E-state index contributed by atoms with van der Waals surface area (Å²) in [7, 11) is 0. The molecule has 4 aliphatic rings. The van der Waals surface area contributed by atoms with E-state index >= 15 is 0 Å². The van der Waals surface area contributed by atoms with Crippen molar-refractivity contribution in [1.29, 1.82) is 0 Å². The molecule has 2 saturated carbocycles. The standard InChI is InChI=1S/C38H44N2O14/c1-18-23(53-34(47)29(44)27(39-19(2)41)20-11-13-22(14-12-20)40(50)51)16-38(49)32(54-33(46)21-9-7-6-8-10-21)30-36(5,24(42)15-25-37(30,48)17-52-25)31(45)28(43)26(18)35(38,3)4/h6-14,23-25,27-30,32,42-44,48-49H,15-17H2,1-5H3,(H,39,41)/t23?,24?,25?,27?,28?,29?,30?,32?,36-,37+,38?/m1/s1. The van der Waals surface area contributed by atoms with Crippen molar-refractivity contribution in [3.05, 3.63) is 87.0 Å². The number of hydrogen-bond acceptors (Lipinski definition) is 14. The Hall–Kier alpha value is -4.58. The van der Waals surface area contributed by atoms with Gasteiger partial charge in [0.15, 0.2) is 11.9 Å². The van der Waals surface area contributed by atoms with E-state index in [1.165, 1.54) is 52.0 Å². The summed E-state index contributed by atoms with van der Waals surface area (Å²) in [6, 6.07) is 11.1. The number of fused-ring (bicyclic) bond motifs is 5. The number of hydrogen-bond donors (Lipinski definition) is 6. The van der Waals surface area contributed by atoms with Crippen LogP contribution in [0.25, 0.3) is 0 Å². The van der Waals surface area contributed by atoms with Crippen molar-refractivity contribution in [1.82, 2.24) is 5.32 Å². The zero-order valence-electron chi connectivity index (χ0n) is 30.3. The number of esters is 2. The Balaban J connectivity index is 1.46. The van der Waals surface area contributed by atoms with Crippen molar-refractivity contribution in [3.8, 4) is 0 Å². The van der Waals surface area contributed by atoms with Crippen LogP contribution in [0.2, 0.25) is 0 Å². The van der Waals surface area contributed by atoms with Gasteiger partial charge in [-0.05, 0) is 42.7 Å². The van der Waals surface area contributed by atoms with Gasteiger partial charge in [-0.3, -0.25) is 19.7 Å². The van der Waals surface area contributed by atoms with Gasteiger partial charge in [-0.15, -0.1) is 0 Å². The van der Waals surface area contributed by atoms with Crippen LogP contribution in [0.4, 0.5) is 5.69 Å². The van der Waals surface area contributed by atoms with E-state index in [9.17, 15) is 54.8 Å². The molecule has 3 fully saturated rings. The molecule has 16 heteroatoms. The molecule has 2 bridgehead atoms. The average Bonchev–Trinajstić information content (AvgIpc) is 3.12. The zero-order chi connectivity index (χ0) is 39.7. The molecule has 290 valence electrons. The number of nitro groups is 1. The number of benzene rings is 2. The molecule has 2 aromatic carbocycles. The van der Waals surface area contributed by atoms with Gasteiger partial charge in [0.2, 0.25) is 5.91 Å². The SMILES string of the molecule is CC(=O)NC(c1ccc([N+](=O)[O-])cc1)C(O)C(=O)OC1CC2(O)C(OC(=O)c3ccccc3)C3[C@]4(O)COC4CC(O)[C@@]3(C)C(=O)C(O)C(=C1C)C2(C)C. The van der Waals surface area contributed by atoms with E-state index in [-0.39, 0.29) is 41.0 Å². The maximum atomic E-state index is 14.6. The number of nitro benzene ring substituents is 1. The molecule has 9 unspecified atom stereocenters. The minimum absolute atomic E-state index is 0.0721. The topological polar surface area (TPSA) is 252 Å². The number of carbonyl (C=O) groups is 4. The summed E-state index contributed by atoms with van der Waals surface area (Å²) < 4.78 is 17.6. The van der Waals surface area contributed by atoms with Crippen molar-refractivity contribution in [3.63, 3.8) is 0 Å². The van der Waals surface area contributed by atoms with Crippen LogP contribution < -0.4 is 5.32 Å². The van der Waals surface area contributed by atoms with E-state index in [2.05, 4.69) is 5.32 Å². The predicted octanol–water partition coefficient (Wildman–Crippen LogP) is 1.21. The molecule has 6 N–H and O–H groups in total. The number of amides is 1. The third-order valence-corrected chi connectivity index (χ3v) is 12.3. The lowest BCUT2D eigenvalue weighted by atomic mass is 9.44. The molecule has 6 rings (SSSR count). The Bertz CT molecular complexity index is 1900. The van der Waals surface area contributed by atoms with Gasteiger partial charge in [-0.1, -0.05) is 44.2 Å². The van der Waals surface area contributed by atoms with Gasteiger partial charge in [-0.2, -0.15) is 0 Å². The molecule has 3 aliphatic carbocycles. The monoisotopic (exact) mass is 752 g/mol. The largest absolute Gasteiger partial charge is 0.456 e. The number of aliphatic hydroxyl groups is 5. The van der Waals surface area contributed by atoms with Crippen LogP contribution in [0.1, 0.15) is 69.4 Å². The first-order chi connectivity index (χ1) is 25.2. The van der Waals surface area contributed by atoms with E-state index in [4.69, 9.17) is 14.2 Å². The smallest absolute Gasteiger partial charge is 0.338 e. The first-order valence-corrected chi connectivity index (χ1v) is 17.5. The Morgan fingerprint density at radius 1 is 1.02 bits per heavy atom. The minimum atomic E-state index is -2.35. The highest BCUT2D eigenvalue weighted by atomic mass is 16.6. The zero-order valence-corrected chi connectivity index (χ0v) is 30.3. The second-order valence-corrected chi connectivity index (χ2v) is 15.5. The van der Waals surface area contributed by atoms with E-state index in [1.54, 1.807) is 18.2 Å². The molecule has 1 aliphatic heterocycles. The number of Topliss-reactive ketones (excluding diaryl/α,β-unsaturated/α-hetero) is 1. The van der Waals surface area contributed by atoms with Gasteiger partial charge in [0, 0.05) is 43.2 Å². The quantitative estimate of drug-likeness (QED) is 0.0960. The maximum absolute atomic E-state index is 14.6. The van der Waals surface area contributed by atoms with Crippen molar-refractivity contribution < 1.29 is 63.8 Å². The number of nitrogens with zero attached hydrogens (tertiary/aromatic N) is 1. The number of rotatable bonds is 8. The molecular weight excluding hydrogens is 708 g/mol. The summed E-state index contributed by atoms with van der Waals surface area (Å²) >= 11 is 0. The van der Waals surface area contributed by atoms with Crippen LogP contribution in [0.15, 0.2) is 65.7 Å². The van der Waals surface area contributed by atoms with Crippen molar-refractivity contribution in [2.75, 3.05) is 6.61 Å². The molecule has 54 heavy (non-hydrogen) atoms. The molecule has 1 heterocycles. The summed E-state index contributed by atoms with van der Waals surface area (Å²) in [6.45, 7) is 6.64. The lowest BCUT2D eigenvalue weighted by Crippen LogP contribution is -2.81. The van der Waals surface area contributed by atoms with Crippen molar-refractivity contribution in [2.45, 2.75) is 101 Å². The van der Waals surface area contributed by atoms with Crippen LogP contribution in [0.3, 0.4) is 0 Å². The highest BCUT2D eigenvalue weighted by molar-refractivity contribution is 5.94. The average molecular weight is 753 g/mol. The molecule has 2 aromatic rings. The highest BCUT2D eigenvalue weighted by Crippen LogP contribution is 2.63. The second kappa shape index (κ2) is 13.6. The summed E-state index contributed by atoms with van der Waals surface area (Å²) in [5.74, 6) is -5.38. The van der Waals surface area contributed by atoms with Gasteiger partial charge in [0.1, 0.15) is 29.5 Å². The molecular formula is C38H44N2O14. The molecule has 0 spiro atoms. The summed E-state index contributed by atoms with van der Waals surface area (Å²) in [6.07, 6.45) is -10.7. The molecule has 1 saturated heterocycles. The number of nitrogens with one attached hydrogen (secondary N) is 1. The molecule has 16 nitrogen and oxygen atoms in total. The van der Waals surface area contributed by atoms with Gasteiger partial charge < -0.3 is 45.1 Å². The molecule has 0 aromatic heterocycles. The molecule has 11 atom stereocenters. The number of carbonyl (C=O) groups excluding carboxylic acids is 4. The fourth-order valence-electron chi connectivity index (χ4n) is 9.09.